The minimum absolute atomic E-state index is 0.827. The molecule has 0 aliphatic heterocycles. The lowest BCUT2D eigenvalue weighted by molar-refractivity contribution is 0.397. The Balaban J connectivity index is 2.35. The number of hydrogen-bond donors (Lipinski definition) is 1. The van der Waals surface area contributed by atoms with E-state index in [9.17, 15) is 0 Å². The zero-order chi connectivity index (χ0) is 15.1. The summed E-state index contributed by atoms with van der Waals surface area (Å²) < 4.78 is 11.0. The lowest BCUT2D eigenvalue weighted by atomic mass is 10.0. The van der Waals surface area contributed by atoms with E-state index in [4.69, 9.17) is 9.47 Å². The van der Waals surface area contributed by atoms with Crippen molar-refractivity contribution in [1.82, 2.24) is 5.32 Å². The topological polar surface area (TPSA) is 30.5 Å². The van der Waals surface area contributed by atoms with Crippen molar-refractivity contribution in [3.8, 4) is 22.6 Å². The zero-order valence-electron chi connectivity index (χ0n) is 13.0. The van der Waals surface area contributed by atoms with Gasteiger partial charge in [-0.05, 0) is 42.3 Å². The first-order valence-electron chi connectivity index (χ1n) is 7.31. The van der Waals surface area contributed by atoms with E-state index in [-0.39, 0.29) is 0 Å². The van der Waals surface area contributed by atoms with Gasteiger partial charge in [-0.15, -0.1) is 0 Å². The Morgan fingerprint density at radius 2 is 1.62 bits per heavy atom. The first-order valence-corrected chi connectivity index (χ1v) is 7.31. The molecule has 0 atom stereocenters. The van der Waals surface area contributed by atoms with Crippen LogP contribution in [0.4, 0.5) is 0 Å². The summed E-state index contributed by atoms with van der Waals surface area (Å²) in [5.74, 6) is 1.65. The van der Waals surface area contributed by atoms with Gasteiger partial charge in [0, 0.05) is 6.54 Å². The van der Waals surface area contributed by atoms with Gasteiger partial charge in [0.25, 0.3) is 0 Å². The largest absolute Gasteiger partial charge is 0.496 e. The van der Waals surface area contributed by atoms with Gasteiger partial charge in [0.15, 0.2) is 0 Å². The third kappa shape index (κ3) is 3.76. The normalized spacial score (nSPS) is 10.4. The molecule has 0 bridgehead atoms. The van der Waals surface area contributed by atoms with Crippen molar-refractivity contribution in [3.63, 3.8) is 0 Å². The summed E-state index contributed by atoms with van der Waals surface area (Å²) in [5.41, 5.74) is 3.37. The van der Waals surface area contributed by atoms with Crippen LogP contribution in [-0.2, 0) is 6.54 Å². The molecule has 0 amide bonds. The summed E-state index contributed by atoms with van der Waals surface area (Å²) in [4.78, 5) is 0. The van der Waals surface area contributed by atoms with E-state index in [0.717, 1.165) is 42.1 Å². The van der Waals surface area contributed by atoms with Crippen LogP contribution in [0, 0.1) is 0 Å². The Bertz CT molecular complexity index is 559. The minimum atomic E-state index is 0.827. The van der Waals surface area contributed by atoms with Gasteiger partial charge in [0.1, 0.15) is 11.5 Å². The Kier molecular flexibility index (Phi) is 5.64. The molecule has 0 radical (unpaired) electrons. The van der Waals surface area contributed by atoms with Crippen LogP contribution in [0.25, 0.3) is 11.1 Å². The number of benzene rings is 2. The fraction of sp³-hybridized carbons (Fsp3) is 0.333. The van der Waals surface area contributed by atoms with E-state index in [0.29, 0.717) is 0 Å². The van der Waals surface area contributed by atoms with E-state index in [1.165, 1.54) is 5.56 Å². The lowest BCUT2D eigenvalue weighted by Gasteiger charge is -2.14. The summed E-state index contributed by atoms with van der Waals surface area (Å²) in [6.45, 7) is 4.07. The van der Waals surface area contributed by atoms with Crippen molar-refractivity contribution >= 4 is 0 Å². The average Bonchev–Trinajstić information content (AvgIpc) is 2.54. The van der Waals surface area contributed by atoms with E-state index >= 15 is 0 Å². The Morgan fingerprint density at radius 1 is 0.952 bits per heavy atom. The second kappa shape index (κ2) is 7.70. The van der Waals surface area contributed by atoms with Gasteiger partial charge in [-0.25, -0.2) is 0 Å². The fourth-order valence-electron chi connectivity index (χ4n) is 2.38. The van der Waals surface area contributed by atoms with Crippen LogP contribution in [0.15, 0.2) is 42.5 Å². The molecule has 3 nitrogen and oxygen atoms in total. The lowest BCUT2D eigenvalue weighted by Crippen LogP contribution is -2.13. The van der Waals surface area contributed by atoms with E-state index < -0.39 is 0 Å². The molecule has 21 heavy (non-hydrogen) atoms. The third-order valence-corrected chi connectivity index (χ3v) is 3.40. The van der Waals surface area contributed by atoms with Gasteiger partial charge in [-0.2, -0.15) is 0 Å². The Morgan fingerprint density at radius 3 is 2.24 bits per heavy atom. The van der Waals surface area contributed by atoms with Crippen LogP contribution in [0.3, 0.4) is 0 Å². The first kappa shape index (κ1) is 15.4. The van der Waals surface area contributed by atoms with E-state index in [2.05, 4.69) is 36.5 Å². The van der Waals surface area contributed by atoms with Crippen LogP contribution in [0.2, 0.25) is 0 Å². The highest BCUT2D eigenvalue weighted by Gasteiger charge is 2.12. The minimum Gasteiger partial charge on any atom is -0.496 e. The van der Waals surface area contributed by atoms with Gasteiger partial charge >= 0.3 is 0 Å². The van der Waals surface area contributed by atoms with Crippen molar-refractivity contribution < 1.29 is 9.47 Å². The van der Waals surface area contributed by atoms with E-state index in [1.54, 1.807) is 14.2 Å². The van der Waals surface area contributed by atoms with Crippen LogP contribution >= 0.6 is 0 Å². The standard InChI is InChI=1S/C18H23NO2/c1-4-11-19-13-14-7-5-8-15(12-14)18-16(20-2)9-6-10-17(18)21-3/h5-10,12,19H,4,11,13H2,1-3H3. The molecule has 0 saturated heterocycles. The quantitative estimate of drug-likeness (QED) is 0.783. The van der Waals surface area contributed by atoms with Crippen molar-refractivity contribution in [3.05, 3.63) is 48.0 Å². The highest BCUT2D eigenvalue weighted by atomic mass is 16.5. The molecule has 2 aromatic rings. The highest BCUT2D eigenvalue weighted by Crippen LogP contribution is 2.38. The molecule has 0 saturated carbocycles. The summed E-state index contributed by atoms with van der Waals surface area (Å²) in [7, 11) is 3.37. The molecule has 0 aliphatic rings. The maximum absolute atomic E-state index is 5.49. The van der Waals surface area contributed by atoms with Gasteiger partial charge in [-0.1, -0.05) is 31.2 Å². The number of hydrogen-bond acceptors (Lipinski definition) is 3. The molecule has 1 N–H and O–H groups in total. The number of rotatable bonds is 7. The van der Waals surface area contributed by atoms with Gasteiger partial charge in [0.05, 0.1) is 19.8 Å². The molecular weight excluding hydrogens is 262 g/mol. The Labute approximate surface area is 126 Å². The number of methoxy groups -OCH3 is 2. The summed E-state index contributed by atoms with van der Waals surface area (Å²) >= 11 is 0. The van der Waals surface area contributed by atoms with Crippen molar-refractivity contribution in [2.45, 2.75) is 19.9 Å². The SMILES string of the molecule is CCCNCc1cccc(-c2c(OC)cccc2OC)c1. The van der Waals surface area contributed by atoms with Crippen LogP contribution in [0.1, 0.15) is 18.9 Å². The third-order valence-electron chi connectivity index (χ3n) is 3.40. The van der Waals surface area contributed by atoms with Crippen molar-refractivity contribution in [2.24, 2.45) is 0 Å². The second-order valence-corrected chi connectivity index (χ2v) is 4.91. The molecule has 2 rings (SSSR count). The fourth-order valence-corrected chi connectivity index (χ4v) is 2.38. The first-order chi connectivity index (χ1) is 10.3. The average molecular weight is 285 g/mol. The van der Waals surface area contributed by atoms with Crippen LogP contribution in [-0.4, -0.2) is 20.8 Å². The van der Waals surface area contributed by atoms with Gasteiger partial charge < -0.3 is 14.8 Å². The van der Waals surface area contributed by atoms with Gasteiger partial charge in [-0.3, -0.25) is 0 Å². The van der Waals surface area contributed by atoms with Crippen molar-refractivity contribution in [1.29, 1.82) is 0 Å². The molecule has 0 aliphatic carbocycles. The molecule has 112 valence electrons. The molecule has 0 spiro atoms. The summed E-state index contributed by atoms with van der Waals surface area (Å²) in [5, 5.41) is 3.42. The highest BCUT2D eigenvalue weighted by molar-refractivity contribution is 5.77. The second-order valence-electron chi connectivity index (χ2n) is 4.91. The monoisotopic (exact) mass is 285 g/mol. The number of ether oxygens (including phenoxy) is 2. The molecule has 0 fully saturated rings. The molecule has 2 aromatic carbocycles. The molecule has 0 unspecified atom stereocenters. The summed E-state index contributed by atoms with van der Waals surface area (Å²) in [6.07, 6.45) is 1.14. The molecule has 0 heterocycles. The van der Waals surface area contributed by atoms with E-state index in [1.807, 2.05) is 18.2 Å². The molecular formula is C18H23NO2. The zero-order valence-corrected chi connectivity index (χ0v) is 13.0. The van der Waals surface area contributed by atoms with Gasteiger partial charge in [0.2, 0.25) is 0 Å². The van der Waals surface area contributed by atoms with Crippen molar-refractivity contribution in [2.75, 3.05) is 20.8 Å². The molecule has 3 heteroatoms. The maximum atomic E-state index is 5.49. The predicted octanol–water partition coefficient (Wildman–Crippen LogP) is 3.87. The van der Waals surface area contributed by atoms with Crippen LogP contribution < -0.4 is 14.8 Å². The Hall–Kier alpha value is -2.00. The maximum Gasteiger partial charge on any atom is 0.130 e. The van der Waals surface area contributed by atoms with Crippen LogP contribution in [0.5, 0.6) is 11.5 Å². The summed E-state index contributed by atoms with van der Waals surface area (Å²) in [6, 6.07) is 14.3. The smallest absolute Gasteiger partial charge is 0.130 e. The number of nitrogens with one attached hydrogen (secondary N) is 1. The predicted molar refractivity (Wildman–Crippen MR) is 87.0 cm³/mol. The molecule has 0 aromatic heterocycles.